The van der Waals surface area contributed by atoms with Gasteiger partial charge in [0.2, 0.25) is 0 Å². The summed E-state index contributed by atoms with van der Waals surface area (Å²) < 4.78 is 0. The number of hydrogen-bond acceptors (Lipinski definition) is 4. The van der Waals surface area contributed by atoms with E-state index in [0.717, 1.165) is 23.1 Å². The first-order valence-corrected chi connectivity index (χ1v) is 5.32. The van der Waals surface area contributed by atoms with Gasteiger partial charge >= 0.3 is 0 Å². The summed E-state index contributed by atoms with van der Waals surface area (Å²) in [5.74, 6) is 1.86. The SMILES string of the molecule is Cc1cc(CNC2CC2=C=O)cc([N+](=O)[O-])c1. The molecule has 0 aromatic heterocycles. The Morgan fingerprint density at radius 2 is 2.29 bits per heavy atom. The molecule has 0 spiro atoms. The molecule has 5 heteroatoms. The minimum atomic E-state index is -0.398. The molecular formula is C12H12N2O3. The normalized spacial score (nSPS) is 17.7. The number of nitrogens with zero attached hydrogens (tertiary/aromatic N) is 1. The minimum Gasteiger partial charge on any atom is -0.305 e. The van der Waals surface area contributed by atoms with Crippen molar-refractivity contribution in [3.8, 4) is 0 Å². The van der Waals surface area contributed by atoms with Gasteiger partial charge in [-0.25, -0.2) is 4.79 Å². The van der Waals surface area contributed by atoms with Crippen LogP contribution in [0.15, 0.2) is 23.8 Å². The van der Waals surface area contributed by atoms with Gasteiger partial charge in [-0.3, -0.25) is 10.1 Å². The molecule has 0 bridgehead atoms. The lowest BCUT2D eigenvalue weighted by Crippen LogP contribution is -2.16. The maximum absolute atomic E-state index is 10.7. The standard InChI is InChI=1S/C12H12N2O3/c1-8-2-9(4-11(3-8)14(16)17)6-13-12-5-10(12)7-15/h2-4,12-13H,5-6H2,1H3. The Morgan fingerprint density at radius 1 is 1.53 bits per heavy atom. The van der Waals surface area contributed by atoms with E-state index in [1.165, 1.54) is 6.07 Å². The van der Waals surface area contributed by atoms with Gasteiger partial charge in [0.25, 0.3) is 5.69 Å². The van der Waals surface area contributed by atoms with Gasteiger partial charge in [-0.1, -0.05) is 6.07 Å². The highest BCUT2D eigenvalue weighted by Gasteiger charge is 2.30. The topological polar surface area (TPSA) is 72.2 Å². The molecule has 88 valence electrons. The highest BCUT2D eigenvalue weighted by molar-refractivity contribution is 5.61. The van der Waals surface area contributed by atoms with Crippen LogP contribution in [0.5, 0.6) is 0 Å². The van der Waals surface area contributed by atoms with Crippen LogP contribution in [0.25, 0.3) is 0 Å². The first-order chi connectivity index (χ1) is 8.10. The molecule has 1 aromatic carbocycles. The lowest BCUT2D eigenvalue weighted by Gasteiger charge is -2.04. The summed E-state index contributed by atoms with van der Waals surface area (Å²) in [6, 6.07) is 5.09. The average molecular weight is 232 g/mol. The Labute approximate surface area is 98.3 Å². The van der Waals surface area contributed by atoms with Gasteiger partial charge in [0.15, 0.2) is 0 Å². The number of rotatable bonds is 4. The van der Waals surface area contributed by atoms with Crippen LogP contribution in [0.3, 0.4) is 0 Å². The highest BCUT2D eigenvalue weighted by atomic mass is 16.6. The number of aryl methyl sites for hydroxylation is 1. The van der Waals surface area contributed by atoms with E-state index in [-0.39, 0.29) is 11.7 Å². The summed E-state index contributed by atoms with van der Waals surface area (Å²) in [5, 5.41) is 13.8. The van der Waals surface area contributed by atoms with Crippen molar-refractivity contribution >= 4 is 11.6 Å². The molecule has 1 aliphatic carbocycles. The van der Waals surface area contributed by atoms with Gasteiger partial charge in [-0.2, -0.15) is 0 Å². The molecule has 2 rings (SSSR count). The van der Waals surface area contributed by atoms with Crippen LogP contribution in [0.2, 0.25) is 0 Å². The maximum Gasteiger partial charge on any atom is 0.270 e. The van der Waals surface area contributed by atoms with E-state index in [4.69, 9.17) is 0 Å². The van der Waals surface area contributed by atoms with E-state index in [0.29, 0.717) is 6.54 Å². The third kappa shape index (κ3) is 2.78. The van der Waals surface area contributed by atoms with E-state index < -0.39 is 4.92 Å². The third-order valence-electron chi connectivity index (χ3n) is 2.70. The van der Waals surface area contributed by atoms with Gasteiger partial charge in [0.05, 0.1) is 4.92 Å². The van der Waals surface area contributed by atoms with Crippen molar-refractivity contribution in [3.05, 3.63) is 45.0 Å². The molecule has 1 saturated carbocycles. The summed E-state index contributed by atoms with van der Waals surface area (Å²) in [6.07, 6.45) is 0.734. The van der Waals surface area contributed by atoms with Crippen LogP contribution < -0.4 is 5.32 Å². The van der Waals surface area contributed by atoms with Crippen molar-refractivity contribution in [2.45, 2.75) is 25.9 Å². The monoisotopic (exact) mass is 232 g/mol. The predicted molar refractivity (Wildman–Crippen MR) is 62.3 cm³/mol. The Morgan fingerprint density at radius 3 is 2.88 bits per heavy atom. The van der Waals surface area contributed by atoms with Crippen LogP contribution >= 0.6 is 0 Å². The van der Waals surface area contributed by atoms with Crippen molar-refractivity contribution in [2.75, 3.05) is 0 Å². The van der Waals surface area contributed by atoms with Crippen molar-refractivity contribution in [1.82, 2.24) is 5.32 Å². The van der Waals surface area contributed by atoms with Crippen LogP contribution in [-0.2, 0) is 11.3 Å². The molecule has 1 unspecified atom stereocenters. The fraction of sp³-hybridized carbons (Fsp3) is 0.333. The van der Waals surface area contributed by atoms with Gasteiger partial charge < -0.3 is 5.32 Å². The molecule has 1 fully saturated rings. The maximum atomic E-state index is 10.7. The van der Waals surface area contributed by atoms with Gasteiger partial charge in [0, 0.05) is 36.7 Å². The average Bonchev–Trinajstić information content (AvgIpc) is 3.04. The van der Waals surface area contributed by atoms with Gasteiger partial charge in [-0.05, 0) is 18.1 Å². The summed E-state index contributed by atoms with van der Waals surface area (Å²) in [7, 11) is 0. The van der Waals surface area contributed by atoms with E-state index in [1.54, 1.807) is 6.07 Å². The molecule has 17 heavy (non-hydrogen) atoms. The first kappa shape index (κ1) is 11.5. The number of nitrogens with one attached hydrogen (secondary N) is 1. The number of non-ortho nitro benzene ring substituents is 1. The summed E-state index contributed by atoms with van der Waals surface area (Å²) in [4.78, 5) is 20.6. The molecule has 1 aromatic rings. The quantitative estimate of drug-likeness (QED) is 0.485. The van der Waals surface area contributed by atoms with E-state index >= 15 is 0 Å². The zero-order valence-corrected chi connectivity index (χ0v) is 9.40. The molecule has 0 amide bonds. The van der Waals surface area contributed by atoms with Crippen LogP contribution in [0, 0.1) is 17.0 Å². The molecule has 1 atom stereocenters. The van der Waals surface area contributed by atoms with E-state index in [2.05, 4.69) is 5.32 Å². The number of nitro benzene ring substituents is 1. The Balaban J connectivity index is 2.05. The lowest BCUT2D eigenvalue weighted by molar-refractivity contribution is -0.385. The fourth-order valence-corrected chi connectivity index (χ4v) is 1.76. The third-order valence-corrected chi connectivity index (χ3v) is 2.70. The van der Waals surface area contributed by atoms with E-state index in [9.17, 15) is 14.9 Å². The molecule has 1 aliphatic rings. The summed E-state index contributed by atoms with van der Waals surface area (Å²) >= 11 is 0. The molecular weight excluding hydrogens is 220 g/mol. The van der Waals surface area contributed by atoms with Crippen molar-refractivity contribution < 1.29 is 9.72 Å². The molecule has 0 aliphatic heterocycles. The number of carbonyl (C=O) groups excluding carboxylic acids is 1. The smallest absolute Gasteiger partial charge is 0.270 e. The zero-order valence-electron chi connectivity index (χ0n) is 9.40. The minimum absolute atomic E-state index is 0.101. The molecule has 0 saturated heterocycles. The Kier molecular flexibility index (Phi) is 3.04. The largest absolute Gasteiger partial charge is 0.305 e. The second-order valence-electron chi connectivity index (χ2n) is 4.20. The number of nitro groups is 1. The van der Waals surface area contributed by atoms with Gasteiger partial charge in [0.1, 0.15) is 5.94 Å². The van der Waals surface area contributed by atoms with Crippen LogP contribution in [0.1, 0.15) is 17.5 Å². The van der Waals surface area contributed by atoms with Crippen molar-refractivity contribution in [2.24, 2.45) is 0 Å². The zero-order chi connectivity index (χ0) is 12.4. The molecule has 5 nitrogen and oxygen atoms in total. The van der Waals surface area contributed by atoms with E-state index in [1.807, 2.05) is 18.9 Å². The Hall–Kier alpha value is -1.97. The van der Waals surface area contributed by atoms with Crippen LogP contribution in [-0.4, -0.2) is 16.9 Å². The van der Waals surface area contributed by atoms with Crippen LogP contribution in [0.4, 0.5) is 5.69 Å². The second kappa shape index (κ2) is 4.49. The predicted octanol–water partition coefficient (Wildman–Crippen LogP) is 1.52. The second-order valence-corrected chi connectivity index (χ2v) is 4.20. The molecule has 0 radical (unpaired) electrons. The van der Waals surface area contributed by atoms with Crippen molar-refractivity contribution in [1.29, 1.82) is 0 Å². The fourth-order valence-electron chi connectivity index (χ4n) is 1.76. The highest BCUT2D eigenvalue weighted by Crippen LogP contribution is 2.26. The Bertz CT molecular complexity index is 518. The molecule has 1 N–H and O–H groups in total. The van der Waals surface area contributed by atoms with Gasteiger partial charge in [-0.15, -0.1) is 0 Å². The first-order valence-electron chi connectivity index (χ1n) is 5.32. The number of hydrogen-bond donors (Lipinski definition) is 1. The van der Waals surface area contributed by atoms with Crippen molar-refractivity contribution in [3.63, 3.8) is 0 Å². The lowest BCUT2D eigenvalue weighted by atomic mass is 10.1. The summed E-state index contributed by atoms with van der Waals surface area (Å²) in [6.45, 7) is 2.35. The summed E-state index contributed by atoms with van der Waals surface area (Å²) in [5.41, 5.74) is 2.56. The number of benzene rings is 1. The molecule has 0 heterocycles.